The van der Waals surface area contributed by atoms with Crippen molar-refractivity contribution in [2.24, 2.45) is 17.3 Å². The second-order valence-corrected chi connectivity index (χ2v) is 5.49. The highest BCUT2D eigenvalue weighted by Gasteiger charge is 2.67. The second kappa shape index (κ2) is 3.98. The van der Waals surface area contributed by atoms with Crippen LogP contribution < -0.4 is 0 Å². The minimum absolute atomic E-state index is 0.262. The molecule has 3 atom stereocenters. The number of methoxy groups -OCH3 is 1. The molecule has 0 aromatic carbocycles. The molecule has 0 bridgehead atoms. The van der Waals surface area contributed by atoms with Crippen molar-refractivity contribution >= 4 is 5.97 Å². The molecule has 16 heavy (non-hydrogen) atoms. The predicted octanol–water partition coefficient (Wildman–Crippen LogP) is 1.06. The number of hydrogen-bond acceptors (Lipinski definition) is 5. The van der Waals surface area contributed by atoms with Crippen LogP contribution in [-0.2, 0) is 14.4 Å². The lowest BCUT2D eigenvalue weighted by Gasteiger charge is -2.27. The lowest BCUT2D eigenvalue weighted by atomic mass is 9.93. The van der Waals surface area contributed by atoms with E-state index in [0.717, 1.165) is 0 Å². The van der Waals surface area contributed by atoms with Crippen molar-refractivity contribution in [3.63, 3.8) is 0 Å². The summed E-state index contributed by atoms with van der Waals surface area (Å²) in [6, 6.07) is 0. The van der Waals surface area contributed by atoms with Gasteiger partial charge in [0, 0.05) is 5.92 Å². The van der Waals surface area contributed by atoms with E-state index in [1.807, 2.05) is 13.8 Å². The van der Waals surface area contributed by atoms with Gasteiger partial charge in [-0.05, 0) is 19.3 Å². The van der Waals surface area contributed by atoms with Gasteiger partial charge in [0.05, 0.1) is 19.1 Å². The summed E-state index contributed by atoms with van der Waals surface area (Å²) in [6.07, 6.45) is -0.920. The van der Waals surface area contributed by atoms with Crippen molar-refractivity contribution < 1.29 is 24.8 Å². The first kappa shape index (κ1) is 13.4. The Kier molecular flexibility index (Phi) is 3.34. The fourth-order valence-corrected chi connectivity index (χ4v) is 2.33. The van der Waals surface area contributed by atoms with E-state index < -0.39 is 11.7 Å². The van der Waals surface area contributed by atoms with Gasteiger partial charge in [-0.25, -0.2) is 4.89 Å². The summed E-state index contributed by atoms with van der Waals surface area (Å²) in [6.45, 7) is 6.91. The highest BCUT2D eigenvalue weighted by molar-refractivity contribution is 5.77. The average molecular weight is 232 g/mol. The number of ether oxygens (including phenoxy) is 1. The van der Waals surface area contributed by atoms with Crippen LogP contribution in [0.5, 0.6) is 0 Å². The van der Waals surface area contributed by atoms with Crippen LogP contribution in [0.1, 0.15) is 27.7 Å². The van der Waals surface area contributed by atoms with Gasteiger partial charge in [0.15, 0.2) is 0 Å². The van der Waals surface area contributed by atoms with Gasteiger partial charge in [0.2, 0.25) is 0 Å². The van der Waals surface area contributed by atoms with Crippen LogP contribution in [0.4, 0.5) is 0 Å². The third-order valence-electron chi connectivity index (χ3n) is 3.65. The van der Waals surface area contributed by atoms with Crippen molar-refractivity contribution in [2.75, 3.05) is 7.11 Å². The third-order valence-corrected chi connectivity index (χ3v) is 3.65. The molecule has 1 aliphatic rings. The molecule has 0 saturated heterocycles. The van der Waals surface area contributed by atoms with Crippen molar-refractivity contribution in [1.29, 1.82) is 0 Å². The first-order valence-corrected chi connectivity index (χ1v) is 5.28. The van der Waals surface area contributed by atoms with E-state index in [0.29, 0.717) is 0 Å². The van der Waals surface area contributed by atoms with E-state index in [-0.39, 0.29) is 23.2 Å². The maximum absolute atomic E-state index is 11.5. The standard InChI is InChI=1S/C11H20O5/c1-10(2)6(7(10)9(13)15-5)8(12)11(3,4)16-14/h6-8,12,14H,1-5H3/t6-,7-,8?/m1/s1. The number of aliphatic hydroxyl groups excluding tert-OH is 1. The number of esters is 1. The predicted molar refractivity (Wildman–Crippen MR) is 56.6 cm³/mol. The van der Waals surface area contributed by atoms with Crippen LogP contribution in [0, 0.1) is 17.3 Å². The summed E-state index contributed by atoms with van der Waals surface area (Å²) >= 11 is 0. The second-order valence-electron chi connectivity index (χ2n) is 5.49. The topological polar surface area (TPSA) is 76.0 Å². The van der Waals surface area contributed by atoms with Gasteiger partial charge in [0.25, 0.3) is 0 Å². The minimum atomic E-state index is -1.09. The van der Waals surface area contributed by atoms with Gasteiger partial charge in [-0.15, -0.1) is 0 Å². The Morgan fingerprint density at radius 2 is 1.94 bits per heavy atom. The van der Waals surface area contributed by atoms with E-state index in [4.69, 9.17) is 5.26 Å². The molecule has 0 heterocycles. The molecular weight excluding hydrogens is 212 g/mol. The maximum Gasteiger partial charge on any atom is 0.309 e. The molecule has 1 unspecified atom stereocenters. The van der Waals surface area contributed by atoms with Gasteiger partial charge in [-0.2, -0.15) is 0 Å². The van der Waals surface area contributed by atoms with Crippen molar-refractivity contribution in [1.82, 2.24) is 0 Å². The zero-order valence-electron chi connectivity index (χ0n) is 10.4. The maximum atomic E-state index is 11.5. The summed E-state index contributed by atoms with van der Waals surface area (Å²) in [7, 11) is 1.33. The molecule has 5 heteroatoms. The molecule has 1 saturated carbocycles. The zero-order chi connectivity index (χ0) is 12.7. The van der Waals surface area contributed by atoms with Crippen LogP contribution in [0.15, 0.2) is 0 Å². The smallest absolute Gasteiger partial charge is 0.309 e. The van der Waals surface area contributed by atoms with Crippen LogP contribution in [0.3, 0.4) is 0 Å². The Morgan fingerprint density at radius 3 is 2.31 bits per heavy atom. The molecule has 0 spiro atoms. The van der Waals surface area contributed by atoms with Crippen molar-refractivity contribution in [2.45, 2.75) is 39.4 Å². The van der Waals surface area contributed by atoms with E-state index in [1.165, 1.54) is 7.11 Å². The molecule has 0 radical (unpaired) electrons. The summed E-state index contributed by atoms with van der Waals surface area (Å²) < 4.78 is 4.68. The van der Waals surface area contributed by atoms with Crippen molar-refractivity contribution in [3.8, 4) is 0 Å². The van der Waals surface area contributed by atoms with E-state index in [2.05, 4.69) is 9.62 Å². The molecule has 1 rings (SSSR count). The van der Waals surface area contributed by atoms with Crippen molar-refractivity contribution in [3.05, 3.63) is 0 Å². The molecule has 1 aliphatic carbocycles. The number of carbonyl (C=O) groups excluding carboxylic acids is 1. The van der Waals surface area contributed by atoms with Crippen LogP contribution in [-0.4, -0.2) is 35.1 Å². The average Bonchev–Trinajstić information content (AvgIpc) is 2.79. The number of rotatable bonds is 4. The Morgan fingerprint density at radius 1 is 1.44 bits per heavy atom. The summed E-state index contributed by atoms with van der Waals surface area (Å²) in [5.74, 6) is -0.938. The lowest BCUT2D eigenvalue weighted by molar-refractivity contribution is -0.336. The van der Waals surface area contributed by atoms with Gasteiger partial charge in [-0.1, -0.05) is 13.8 Å². The SMILES string of the molecule is COC(=O)[C@H]1[C@H](C(O)C(C)(C)OO)C1(C)C. The molecule has 2 N–H and O–H groups in total. The van der Waals surface area contributed by atoms with Crippen LogP contribution in [0.25, 0.3) is 0 Å². The molecule has 0 amide bonds. The zero-order valence-corrected chi connectivity index (χ0v) is 10.4. The normalized spacial score (nSPS) is 29.7. The van der Waals surface area contributed by atoms with Gasteiger partial charge < -0.3 is 9.84 Å². The molecule has 94 valence electrons. The summed E-state index contributed by atoms with van der Waals surface area (Å²) in [5, 5.41) is 18.8. The van der Waals surface area contributed by atoms with E-state index >= 15 is 0 Å². The van der Waals surface area contributed by atoms with Crippen LogP contribution in [0.2, 0.25) is 0 Å². The van der Waals surface area contributed by atoms with Gasteiger partial charge >= 0.3 is 5.97 Å². The quantitative estimate of drug-likeness (QED) is 0.430. The number of hydrogen-bond donors (Lipinski definition) is 2. The Hall–Kier alpha value is -0.650. The van der Waals surface area contributed by atoms with Gasteiger partial charge in [0.1, 0.15) is 5.60 Å². The van der Waals surface area contributed by atoms with Crippen LogP contribution >= 0.6 is 0 Å². The molecule has 0 aromatic rings. The lowest BCUT2D eigenvalue weighted by Crippen LogP contribution is -2.41. The molecule has 1 fully saturated rings. The first-order valence-electron chi connectivity index (χ1n) is 5.28. The monoisotopic (exact) mass is 232 g/mol. The van der Waals surface area contributed by atoms with Gasteiger partial charge in [-0.3, -0.25) is 10.1 Å². The highest BCUT2D eigenvalue weighted by Crippen LogP contribution is 2.61. The summed E-state index contributed by atoms with van der Waals surface area (Å²) in [5.41, 5.74) is -1.42. The molecule has 0 aromatic heterocycles. The largest absolute Gasteiger partial charge is 0.469 e. The Bertz CT molecular complexity index is 284. The molecule has 5 nitrogen and oxygen atoms in total. The van der Waals surface area contributed by atoms with E-state index in [1.54, 1.807) is 13.8 Å². The fraction of sp³-hybridized carbons (Fsp3) is 0.909. The minimum Gasteiger partial charge on any atom is -0.469 e. The number of aliphatic hydroxyl groups is 1. The first-order chi connectivity index (χ1) is 7.20. The highest BCUT2D eigenvalue weighted by atomic mass is 17.1. The third kappa shape index (κ3) is 1.95. The Labute approximate surface area is 95.3 Å². The fourth-order valence-electron chi connectivity index (χ4n) is 2.33. The summed E-state index contributed by atoms with van der Waals surface area (Å²) in [4.78, 5) is 15.7. The Balaban J connectivity index is 2.81. The number of carbonyl (C=O) groups is 1. The van der Waals surface area contributed by atoms with E-state index in [9.17, 15) is 9.90 Å². The molecular formula is C11H20O5. The molecule has 0 aliphatic heterocycles.